The second-order valence-electron chi connectivity index (χ2n) is 6.17. The van der Waals surface area contributed by atoms with Gasteiger partial charge < -0.3 is 14.6 Å². The van der Waals surface area contributed by atoms with Crippen molar-refractivity contribution in [3.8, 4) is 0 Å². The minimum atomic E-state index is -3.32. The molecule has 0 unspecified atom stereocenters. The lowest BCUT2D eigenvalue weighted by atomic mass is 10.1. The van der Waals surface area contributed by atoms with Gasteiger partial charge >= 0.3 is 0 Å². The number of amides is 1. The summed E-state index contributed by atoms with van der Waals surface area (Å²) in [7, 11) is -0.299. The van der Waals surface area contributed by atoms with Crippen LogP contribution in [0.25, 0.3) is 0 Å². The van der Waals surface area contributed by atoms with Crippen LogP contribution in [0.3, 0.4) is 0 Å². The fourth-order valence-electron chi connectivity index (χ4n) is 2.70. The highest BCUT2D eigenvalue weighted by atomic mass is 32.2. The molecule has 1 fully saturated rings. The average Bonchev–Trinajstić information content (AvgIpc) is 3.14. The van der Waals surface area contributed by atoms with Crippen LogP contribution < -0.4 is 5.32 Å². The number of imidazole rings is 1. The van der Waals surface area contributed by atoms with Crippen molar-refractivity contribution in [2.75, 3.05) is 33.1 Å². The quantitative estimate of drug-likeness (QED) is 0.698. The van der Waals surface area contributed by atoms with Crippen LogP contribution in [0, 0.1) is 5.92 Å². The zero-order valence-electron chi connectivity index (χ0n) is 14.4. The van der Waals surface area contributed by atoms with Crippen LogP contribution in [0.4, 0.5) is 0 Å². The molecule has 0 saturated carbocycles. The van der Waals surface area contributed by atoms with Gasteiger partial charge in [0.25, 0.3) is 0 Å². The first-order chi connectivity index (χ1) is 11.3. The molecule has 2 atom stereocenters. The number of carbonyl (C=O) groups is 1. The lowest BCUT2D eigenvalue weighted by Gasteiger charge is -2.21. The number of rotatable bonds is 8. The van der Waals surface area contributed by atoms with Crippen molar-refractivity contribution in [3.63, 3.8) is 0 Å². The first kappa shape index (κ1) is 18.9. The number of carbonyl (C=O) groups excluding carboxylic acids is 1. The van der Waals surface area contributed by atoms with Crippen molar-refractivity contribution < 1.29 is 17.9 Å². The molecule has 1 aliphatic rings. The summed E-state index contributed by atoms with van der Waals surface area (Å²) in [5.74, 6) is 0.600. The van der Waals surface area contributed by atoms with Gasteiger partial charge in [-0.1, -0.05) is 6.92 Å². The molecule has 0 spiro atoms. The van der Waals surface area contributed by atoms with E-state index in [9.17, 15) is 13.2 Å². The van der Waals surface area contributed by atoms with Crippen LogP contribution in [0.5, 0.6) is 0 Å². The number of hydrogen-bond donors (Lipinski definition) is 1. The molecule has 9 heteroatoms. The Morgan fingerprint density at radius 3 is 2.88 bits per heavy atom. The van der Waals surface area contributed by atoms with Gasteiger partial charge in [-0.25, -0.2) is 17.7 Å². The van der Waals surface area contributed by atoms with Gasteiger partial charge in [0.1, 0.15) is 5.82 Å². The van der Waals surface area contributed by atoms with E-state index in [-0.39, 0.29) is 23.6 Å². The van der Waals surface area contributed by atoms with E-state index in [1.807, 2.05) is 17.7 Å². The monoisotopic (exact) mass is 358 g/mol. The molecule has 2 rings (SSSR count). The first-order valence-corrected chi connectivity index (χ1v) is 9.71. The normalized spacial score (nSPS) is 21.3. The van der Waals surface area contributed by atoms with Crippen molar-refractivity contribution in [2.24, 2.45) is 5.92 Å². The highest BCUT2D eigenvalue weighted by Crippen LogP contribution is 2.17. The minimum Gasteiger partial charge on any atom is -0.379 e. The maximum absolute atomic E-state index is 12.2. The van der Waals surface area contributed by atoms with Crippen molar-refractivity contribution in [1.82, 2.24) is 19.2 Å². The van der Waals surface area contributed by atoms with E-state index >= 15 is 0 Å². The summed E-state index contributed by atoms with van der Waals surface area (Å²) < 4.78 is 32.6. The molecule has 1 aromatic rings. The van der Waals surface area contributed by atoms with E-state index < -0.39 is 10.0 Å². The topological polar surface area (TPSA) is 93.5 Å². The summed E-state index contributed by atoms with van der Waals surface area (Å²) in [5.41, 5.74) is 0. The molecular weight excluding hydrogens is 332 g/mol. The number of aromatic nitrogens is 2. The van der Waals surface area contributed by atoms with E-state index in [1.54, 1.807) is 6.20 Å². The summed E-state index contributed by atoms with van der Waals surface area (Å²) in [6.45, 7) is 3.28. The molecule has 8 nitrogen and oxygen atoms in total. The average molecular weight is 358 g/mol. The van der Waals surface area contributed by atoms with Gasteiger partial charge in [-0.3, -0.25) is 4.79 Å². The van der Waals surface area contributed by atoms with Crippen LogP contribution >= 0.6 is 0 Å². The third-order valence-electron chi connectivity index (χ3n) is 4.22. The van der Waals surface area contributed by atoms with Crippen LogP contribution in [-0.4, -0.2) is 67.3 Å². The van der Waals surface area contributed by atoms with Crippen LogP contribution in [0.2, 0.25) is 0 Å². The standard InChI is InChI=1S/C15H26N4O4S/c1-4-14-16-6-8-19(14)7-5-15(20)17-13-10-23-9-12(13)11-24(21,22)18(2)3/h6,8,12-13H,4-5,7,9-11H2,1-3H3,(H,17,20)/t12-,13+/m0/s1. The lowest BCUT2D eigenvalue weighted by molar-refractivity contribution is -0.122. The van der Waals surface area contributed by atoms with Crippen LogP contribution in [-0.2, 0) is 32.5 Å². The number of nitrogens with zero attached hydrogens (tertiary/aromatic N) is 3. The van der Waals surface area contributed by atoms with Crippen molar-refractivity contribution in [3.05, 3.63) is 18.2 Å². The molecule has 2 heterocycles. The SMILES string of the molecule is CCc1nccn1CCC(=O)N[C@@H]1COC[C@H]1CS(=O)(=O)N(C)C. The Balaban J connectivity index is 1.86. The van der Waals surface area contributed by atoms with Crippen LogP contribution in [0.1, 0.15) is 19.2 Å². The van der Waals surface area contributed by atoms with E-state index in [1.165, 1.54) is 18.4 Å². The summed E-state index contributed by atoms with van der Waals surface area (Å²) in [5, 5.41) is 2.91. The first-order valence-electron chi connectivity index (χ1n) is 8.10. The Morgan fingerprint density at radius 1 is 1.46 bits per heavy atom. The second kappa shape index (κ2) is 8.09. The number of nitrogens with one attached hydrogen (secondary N) is 1. The zero-order valence-corrected chi connectivity index (χ0v) is 15.3. The number of hydrogen-bond acceptors (Lipinski definition) is 5. The van der Waals surface area contributed by atoms with Gasteiger partial charge in [0, 0.05) is 51.8 Å². The third kappa shape index (κ3) is 4.78. The summed E-state index contributed by atoms with van der Waals surface area (Å²) >= 11 is 0. The largest absolute Gasteiger partial charge is 0.379 e. The highest BCUT2D eigenvalue weighted by Gasteiger charge is 2.34. The van der Waals surface area contributed by atoms with Gasteiger partial charge in [0.05, 0.1) is 25.0 Å². The molecule has 1 aromatic heterocycles. The Morgan fingerprint density at radius 2 is 2.21 bits per heavy atom. The van der Waals surface area contributed by atoms with E-state index in [0.717, 1.165) is 12.2 Å². The molecule has 1 amide bonds. The maximum atomic E-state index is 12.2. The molecule has 1 saturated heterocycles. The van der Waals surface area contributed by atoms with E-state index in [0.29, 0.717) is 26.2 Å². The fraction of sp³-hybridized carbons (Fsp3) is 0.733. The highest BCUT2D eigenvalue weighted by molar-refractivity contribution is 7.89. The zero-order chi connectivity index (χ0) is 17.7. The molecule has 0 aromatic carbocycles. The lowest BCUT2D eigenvalue weighted by Crippen LogP contribution is -2.43. The Labute approximate surface area is 143 Å². The smallest absolute Gasteiger partial charge is 0.222 e. The number of aryl methyl sites for hydroxylation is 2. The number of ether oxygens (including phenoxy) is 1. The molecule has 24 heavy (non-hydrogen) atoms. The molecule has 0 bridgehead atoms. The molecular formula is C15H26N4O4S. The Bertz CT molecular complexity index is 656. The van der Waals surface area contributed by atoms with Gasteiger partial charge in [0.15, 0.2) is 0 Å². The fourth-order valence-corrected chi connectivity index (χ4v) is 3.87. The maximum Gasteiger partial charge on any atom is 0.222 e. The predicted octanol–water partition coefficient (Wildman–Crippen LogP) is -0.142. The molecule has 1 aliphatic heterocycles. The van der Waals surface area contributed by atoms with Gasteiger partial charge in [0.2, 0.25) is 15.9 Å². The van der Waals surface area contributed by atoms with Crippen molar-refractivity contribution >= 4 is 15.9 Å². The van der Waals surface area contributed by atoms with Crippen molar-refractivity contribution in [2.45, 2.75) is 32.4 Å². The van der Waals surface area contributed by atoms with Gasteiger partial charge in [-0.05, 0) is 0 Å². The number of sulfonamides is 1. The van der Waals surface area contributed by atoms with Gasteiger partial charge in [-0.2, -0.15) is 0 Å². The predicted molar refractivity (Wildman–Crippen MR) is 89.9 cm³/mol. The minimum absolute atomic E-state index is 0.0214. The molecule has 0 aliphatic carbocycles. The van der Waals surface area contributed by atoms with Gasteiger partial charge in [-0.15, -0.1) is 0 Å². The van der Waals surface area contributed by atoms with Crippen LogP contribution in [0.15, 0.2) is 12.4 Å². The third-order valence-corrected chi connectivity index (χ3v) is 6.19. The molecule has 0 radical (unpaired) electrons. The summed E-state index contributed by atoms with van der Waals surface area (Å²) in [6, 6.07) is -0.263. The van der Waals surface area contributed by atoms with Crippen molar-refractivity contribution in [1.29, 1.82) is 0 Å². The van der Waals surface area contributed by atoms with E-state index in [4.69, 9.17) is 4.74 Å². The summed E-state index contributed by atoms with van der Waals surface area (Å²) in [4.78, 5) is 16.4. The Hall–Kier alpha value is -1.45. The molecule has 1 N–H and O–H groups in total. The van der Waals surface area contributed by atoms with E-state index in [2.05, 4.69) is 10.3 Å². The Kier molecular flexibility index (Phi) is 6.36. The molecule has 136 valence electrons. The second-order valence-corrected chi connectivity index (χ2v) is 8.40. The summed E-state index contributed by atoms with van der Waals surface area (Å²) in [6.07, 6.45) is 4.73.